The number of methoxy groups -OCH3 is 1. The van der Waals surface area contributed by atoms with Crippen LogP contribution in [0.4, 0.5) is 0 Å². The summed E-state index contributed by atoms with van der Waals surface area (Å²) in [4.78, 5) is 19.2. The molecule has 1 aliphatic rings. The Hall–Kier alpha value is -2.89. The minimum Gasteiger partial charge on any atom is -0.497 e. The quantitative estimate of drug-likeness (QED) is 0.714. The van der Waals surface area contributed by atoms with Crippen LogP contribution in [-0.4, -0.2) is 45.8 Å². The first-order chi connectivity index (χ1) is 13.2. The number of carbonyl (C=O) groups is 1. The van der Waals surface area contributed by atoms with Crippen LogP contribution in [0.25, 0.3) is 11.0 Å². The Morgan fingerprint density at radius 2 is 2.07 bits per heavy atom. The topological polar surface area (TPSA) is 60.2 Å². The van der Waals surface area contributed by atoms with E-state index >= 15 is 0 Å². The highest BCUT2D eigenvalue weighted by Gasteiger charge is 2.28. The molecular formula is C21H24N4O2. The smallest absolute Gasteiger partial charge is 0.227 e. The molecule has 0 bridgehead atoms. The average molecular weight is 364 g/mol. The second-order valence-corrected chi connectivity index (χ2v) is 7.09. The van der Waals surface area contributed by atoms with E-state index in [1.54, 1.807) is 13.3 Å². The van der Waals surface area contributed by atoms with E-state index in [1.165, 1.54) is 0 Å². The molecule has 1 amide bonds. The Labute approximate surface area is 158 Å². The van der Waals surface area contributed by atoms with Crippen LogP contribution in [0, 0.1) is 0 Å². The number of pyridine rings is 1. The van der Waals surface area contributed by atoms with Crippen LogP contribution < -0.4 is 4.74 Å². The fourth-order valence-corrected chi connectivity index (χ4v) is 3.88. The lowest BCUT2D eigenvalue weighted by Gasteiger charge is -2.32. The maximum absolute atomic E-state index is 12.8. The van der Waals surface area contributed by atoms with E-state index in [2.05, 4.69) is 11.1 Å². The van der Waals surface area contributed by atoms with Crippen molar-refractivity contribution in [2.24, 2.45) is 7.05 Å². The van der Waals surface area contributed by atoms with Crippen LogP contribution in [0.15, 0.2) is 42.6 Å². The van der Waals surface area contributed by atoms with E-state index in [4.69, 9.17) is 9.84 Å². The zero-order valence-corrected chi connectivity index (χ0v) is 15.8. The van der Waals surface area contributed by atoms with Crippen LogP contribution in [-0.2, 0) is 18.3 Å². The lowest BCUT2D eigenvalue weighted by molar-refractivity contribution is -0.131. The standard InChI is InChI=1S/C21H24N4O2/c1-24-21-18(6-3-11-22-21)20(23-24)16-5-4-12-25(14-16)19(26)13-15-7-9-17(27-2)10-8-15/h3,6-11,16H,4-5,12-14H2,1-2H3. The molecule has 0 spiro atoms. The van der Waals surface area contributed by atoms with E-state index in [0.29, 0.717) is 6.42 Å². The number of carbonyl (C=O) groups excluding carboxylic acids is 1. The van der Waals surface area contributed by atoms with Crippen LogP contribution >= 0.6 is 0 Å². The molecule has 2 aromatic heterocycles. The van der Waals surface area contributed by atoms with Crippen LogP contribution in [0.5, 0.6) is 5.75 Å². The summed E-state index contributed by atoms with van der Waals surface area (Å²) in [6, 6.07) is 11.7. The van der Waals surface area contributed by atoms with Crippen molar-refractivity contribution in [2.45, 2.75) is 25.2 Å². The number of ether oxygens (including phenoxy) is 1. The van der Waals surface area contributed by atoms with Crippen molar-refractivity contribution in [3.8, 4) is 5.75 Å². The maximum atomic E-state index is 12.8. The number of likely N-dealkylation sites (tertiary alicyclic amines) is 1. The lowest BCUT2D eigenvalue weighted by Crippen LogP contribution is -2.40. The molecule has 6 nitrogen and oxygen atoms in total. The zero-order chi connectivity index (χ0) is 18.8. The van der Waals surface area contributed by atoms with Crippen LogP contribution in [0.2, 0.25) is 0 Å². The molecule has 1 unspecified atom stereocenters. The largest absolute Gasteiger partial charge is 0.497 e. The van der Waals surface area contributed by atoms with Crippen molar-refractivity contribution in [1.29, 1.82) is 0 Å². The second kappa shape index (κ2) is 7.39. The van der Waals surface area contributed by atoms with Gasteiger partial charge in [-0.15, -0.1) is 0 Å². The molecule has 0 N–H and O–H groups in total. The van der Waals surface area contributed by atoms with Gasteiger partial charge in [-0.05, 0) is 42.7 Å². The number of aromatic nitrogens is 3. The monoisotopic (exact) mass is 364 g/mol. The highest BCUT2D eigenvalue weighted by atomic mass is 16.5. The molecule has 0 radical (unpaired) electrons. The SMILES string of the molecule is COc1ccc(CC(=O)N2CCCC(c3nn(C)c4ncccc34)C2)cc1. The second-order valence-electron chi connectivity index (χ2n) is 7.09. The van der Waals surface area contributed by atoms with Crippen molar-refractivity contribution in [1.82, 2.24) is 19.7 Å². The van der Waals surface area contributed by atoms with E-state index in [-0.39, 0.29) is 11.8 Å². The van der Waals surface area contributed by atoms with Crippen molar-refractivity contribution in [3.63, 3.8) is 0 Å². The molecule has 140 valence electrons. The molecule has 4 rings (SSSR count). The predicted molar refractivity (Wildman–Crippen MR) is 104 cm³/mol. The molecule has 1 saturated heterocycles. The summed E-state index contributed by atoms with van der Waals surface area (Å²) in [6.07, 6.45) is 4.26. The van der Waals surface area contributed by atoms with Gasteiger partial charge < -0.3 is 9.64 Å². The molecule has 1 aliphatic heterocycles. The van der Waals surface area contributed by atoms with Crippen molar-refractivity contribution >= 4 is 16.9 Å². The Balaban J connectivity index is 1.49. The normalized spacial score (nSPS) is 17.3. The number of fused-ring (bicyclic) bond motifs is 1. The number of aryl methyl sites for hydroxylation is 1. The van der Waals surface area contributed by atoms with Gasteiger partial charge in [0.25, 0.3) is 0 Å². The van der Waals surface area contributed by atoms with E-state index in [1.807, 2.05) is 47.0 Å². The molecule has 6 heteroatoms. The minimum absolute atomic E-state index is 0.170. The molecule has 27 heavy (non-hydrogen) atoms. The highest BCUT2D eigenvalue weighted by molar-refractivity contribution is 5.80. The van der Waals surface area contributed by atoms with Gasteiger partial charge in [-0.2, -0.15) is 5.10 Å². The first kappa shape index (κ1) is 17.5. The summed E-state index contributed by atoms with van der Waals surface area (Å²) in [5, 5.41) is 5.80. The molecule has 3 heterocycles. The minimum atomic E-state index is 0.170. The number of rotatable bonds is 4. The third-order valence-corrected chi connectivity index (χ3v) is 5.30. The average Bonchev–Trinajstić information content (AvgIpc) is 3.06. The molecule has 1 aromatic carbocycles. The lowest BCUT2D eigenvalue weighted by atomic mass is 9.93. The molecular weight excluding hydrogens is 340 g/mol. The fourth-order valence-electron chi connectivity index (χ4n) is 3.88. The number of hydrogen-bond acceptors (Lipinski definition) is 4. The first-order valence-electron chi connectivity index (χ1n) is 9.34. The van der Waals surface area contributed by atoms with Gasteiger partial charge in [0.05, 0.1) is 19.2 Å². The Morgan fingerprint density at radius 3 is 2.85 bits per heavy atom. The van der Waals surface area contributed by atoms with Crippen molar-refractivity contribution < 1.29 is 9.53 Å². The van der Waals surface area contributed by atoms with Gasteiger partial charge in [-0.3, -0.25) is 9.48 Å². The number of nitrogens with zero attached hydrogens (tertiary/aromatic N) is 4. The van der Waals surface area contributed by atoms with Crippen molar-refractivity contribution in [3.05, 3.63) is 53.9 Å². The summed E-state index contributed by atoms with van der Waals surface area (Å²) in [5.74, 6) is 1.23. The Bertz CT molecular complexity index is 948. The van der Waals surface area contributed by atoms with E-state index < -0.39 is 0 Å². The summed E-state index contributed by atoms with van der Waals surface area (Å²) in [6.45, 7) is 1.53. The number of benzene rings is 1. The van der Waals surface area contributed by atoms with Gasteiger partial charge in [0.1, 0.15) is 5.75 Å². The third kappa shape index (κ3) is 3.52. The van der Waals surface area contributed by atoms with Gasteiger partial charge in [-0.25, -0.2) is 4.98 Å². The van der Waals surface area contributed by atoms with Crippen molar-refractivity contribution in [2.75, 3.05) is 20.2 Å². The van der Waals surface area contributed by atoms with Gasteiger partial charge in [0.2, 0.25) is 5.91 Å². The summed E-state index contributed by atoms with van der Waals surface area (Å²) in [7, 11) is 3.57. The van der Waals surface area contributed by atoms with Gasteiger partial charge in [0.15, 0.2) is 5.65 Å². The fraction of sp³-hybridized carbons (Fsp3) is 0.381. The molecule has 3 aromatic rings. The van der Waals surface area contributed by atoms with E-state index in [9.17, 15) is 4.79 Å². The maximum Gasteiger partial charge on any atom is 0.227 e. The Morgan fingerprint density at radius 1 is 1.26 bits per heavy atom. The molecule has 0 saturated carbocycles. The highest BCUT2D eigenvalue weighted by Crippen LogP contribution is 2.31. The number of piperidine rings is 1. The van der Waals surface area contributed by atoms with Crippen LogP contribution in [0.3, 0.4) is 0 Å². The molecule has 1 atom stereocenters. The summed E-state index contributed by atoms with van der Waals surface area (Å²) >= 11 is 0. The first-order valence-corrected chi connectivity index (χ1v) is 9.34. The van der Waals surface area contributed by atoms with E-state index in [0.717, 1.165) is 54.0 Å². The van der Waals surface area contributed by atoms with Gasteiger partial charge in [-0.1, -0.05) is 12.1 Å². The summed E-state index contributed by atoms with van der Waals surface area (Å²) in [5.41, 5.74) is 2.96. The molecule has 0 aliphatic carbocycles. The predicted octanol–water partition coefficient (Wildman–Crippen LogP) is 2.93. The number of amides is 1. The Kier molecular flexibility index (Phi) is 4.79. The van der Waals surface area contributed by atoms with Crippen LogP contribution in [0.1, 0.15) is 30.0 Å². The third-order valence-electron chi connectivity index (χ3n) is 5.30. The number of hydrogen-bond donors (Lipinski definition) is 0. The van der Waals surface area contributed by atoms with Gasteiger partial charge >= 0.3 is 0 Å². The summed E-state index contributed by atoms with van der Waals surface area (Å²) < 4.78 is 7.02. The zero-order valence-electron chi connectivity index (χ0n) is 15.8. The van der Waals surface area contributed by atoms with Gasteiger partial charge in [0, 0.05) is 37.6 Å². The molecule has 1 fully saturated rings.